The largest absolute Gasteiger partial charge is 0.393 e. The second kappa shape index (κ2) is 10.7. The van der Waals surface area contributed by atoms with E-state index in [4.69, 9.17) is 0 Å². The first kappa shape index (κ1) is 24.4. The summed E-state index contributed by atoms with van der Waals surface area (Å²) in [5, 5.41) is 18.5. The number of carbonyl (C=O) groups excluding carboxylic acids is 2. The molecule has 3 N–H and O–H groups in total. The lowest BCUT2D eigenvalue weighted by Crippen LogP contribution is -2.35. The van der Waals surface area contributed by atoms with Gasteiger partial charge in [0.25, 0.3) is 5.91 Å². The first-order valence-corrected chi connectivity index (χ1v) is 13.8. The van der Waals surface area contributed by atoms with Gasteiger partial charge in [-0.25, -0.2) is 4.98 Å². The minimum absolute atomic E-state index is 0.150. The number of nitrogens with zero attached hydrogens (tertiary/aromatic N) is 3. The fraction of sp³-hybridized carbons (Fsp3) is 0.269. The molecule has 186 valence electrons. The van der Waals surface area contributed by atoms with Gasteiger partial charge >= 0.3 is 0 Å². The molecule has 2 amide bonds. The molecule has 36 heavy (non-hydrogen) atoms. The fourth-order valence-electron chi connectivity index (χ4n) is 4.35. The van der Waals surface area contributed by atoms with Gasteiger partial charge in [0.1, 0.15) is 0 Å². The minimum Gasteiger partial charge on any atom is -0.393 e. The van der Waals surface area contributed by atoms with Crippen molar-refractivity contribution in [2.75, 3.05) is 36.1 Å². The number of piperidine rings is 1. The van der Waals surface area contributed by atoms with Crippen LogP contribution in [0.25, 0.3) is 22.2 Å². The number of hydrogen-bond acceptors (Lipinski definition) is 7. The first-order valence-electron chi connectivity index (χ1n) is 11.7. The third-order valence-electron chi connectivity index (χ3n) is 6.25. The monoisotopic (exact) mass is 521 g/mol. The molecule has 1 aliphatic rings. The van der Waals surface area contributed by atoms with E-state index < -0.39 is 0 Å². The highest BCUT2D eigenvalue weighted by Gasteiger charge is 2.19. The Hall–Kier alpha value is -3.34. The second-order valence-corrected chi connectivity index (χ2v) is 10.2. The predicted molar refractivity (Wildman–Crippen MR) is 147 cm³/mol. The first-order chi connectivity index (χ1) is 17.5. The van der Waals surface area contributed by atoms with E-state index in [1.807, 2.05) is 52.0 Å². The van der Waals surface area contributed by atoms with Gasteiger partial charge in [-0.15, -0.1) is 11.3 Å². The highest BCUT2D eigenvalue weighted by atomic mass is 32.2. The summed E-state index contributed by atoms with van der Waals surface area (Å²) in [4.78, 5) is 32.1. The molecule has 2 aromatic carbocycles. The van der Waals surface area contributed by atoms with Crippen molar-refractivity contribution in [2.45, 2.75) is 18.9 Å². The van der Waals surface area contributed by atoms with Crippen LogP contribution in [0.1, 0.15) is 23.2 Å². The van der Waals surface area contributed by atoms with Crippen LogP contribution in [-0.2, 0) is 4.79 Å². The van der Waals surface area contributed by atoms with Crippen molar-refractivity contribution in [3.63, 3.8) is 0 Å². The number of para-hydroxylation sites is 1. The highest BCUT2D eigenvalue weighted by molar-refractivity contribution is 7.97. The van der Waals surface area contributed by atoms with Crippen LogP contribution in [-0.4, -0.2) is 57.9 Å². The zero-order valence-electron chi connectivity index (χ0n) is 19.8. The molecule has 0 aliphatic carbocycles. The van der Waals surface area contributed by atoms with Crippen molar-refractivity contribution in [1.29, 1.82) is 0 Å². The van der Waals surface area contributed by atoms with E-state index in [1.165, 1.54) is 23.3 Å². The number of amides is 2. The van der Waals surface area contributed by atoms with E-state index in [1.54, 1.807) is 6.20 Å². The molecule has 0 radical (unpaired) electrons. The predicted octanol–water partition coefficient (Wildman–Crippen LogP) is 4.22. The number of thiazole rings is 1. The molecule has 3 heterocycles. The van der Waals surface area contributed by atoms with Gasteiger partial charge < -0.3 is 20.6 Å². The van der Waals surface area contributed by atoms with Crippen LogP contribution in [0.5, 0.6) is 0 Å². The van der Waals surface area contributed by atoms with E-state index in [-0.39, 0.29) is 24.5 Å². The van der Waals surface area contributed by atoms with Crippen molar-refractivity contribution >= 4 is 56.8 Å². The van der Waals surface area contributed by atoms with E-state index in [9.17, 15) is 14.7 Å². The molecule has 4 aromatic rings. The van der Waals surface area contributed by atoms with Crippen molar-refractivity contribution in [2.24, 2.45) is 0 Å². The highest BCUT2D eigenvalue weighted by Crippen LogP contribution is 2.29. The molecule has 0 bridgehead atoms. The van der Waals surface area contributed by atoms with Crippen molar-refractivity contribution in [3.8, 4) is 11.3 Å². The second-order valence-electron chi connectivity index (χ2n) is 8.61. The Labute approximate surface area is 217 Å². The molecule has 10 heteroatoms. The molecule has 0 atom stereocenters. The number of fused-ring (bicyclic) bond motifs is 1. The van der Waals surface area contributed by atoms with Gasteiger partial charge in [-0.1, -0.05) is 30.3 Å². The van der Waals surface area contributed by atoms with Crippen LogP contribution in [0, 0.1) is 0 Å². The molecule has 0 unspecified atom stereocenters. The molecule has 0 spiro atoms. The summed E-state index contributed by atoms with van der Waals surface area (Å²) in [6.45, 7) is 1.50. The summed E-state index contributed by atoms with van der Waals surface area (Å²) >= 11 is 2.85. The zero-order chi connectivity index (χ0) is 25.1. The molecule has 2 aromatic heterocycles. The van der Waals surface area contributed by atoms with Gasteiger partial charge in [-0.3, -0.25) is 13.6 Å². The molecule has 5 rings (SSSR count). The molecule has 8 nitrogen and oxygen atoms in total. The maximum atomic E-state index is 12.8. The van der Waals surface area contributed by atoms with Gasteiger partial charge in [-0.05, 0) is 43.0 Å². The lowest BCUT2D eigenvalue weighted by atomic mass is 10.1. The third-order valence-corrected chi connectivity index (χ3v) is 7.70. The van der Waals surface area contributed by atoms with E-state index in [0.29, 0.717) is 10.7 Å². The molecule has 1 aliphatic heterocycles. The normalized spacial score (nSPS) is 14.2. The van der Waals surface area contributed by atoms with Crippen LogP contribution < -0.4 is 15.5 Å². The maximum Gasteiger partial charge on any atom is 0.253 e. The Balaban J connectivity index is 1.20. The Morgan fingerprint density at radius 3 is 2.78 bits per heavy atom. The van der Waals surface area contributed by atoms with Crippen molar-refractivity contribution in [3.05, 3.63) is 65.7 Å². The maximum absolute atomic E-state index is 12.8. The van der Waals surface area contributed by atoms with Crippen LogP contribution >= 0.6 is 23.3 Å². The Morgan fingerprint density at radius 1 is 1.17 bits per heavy atom. The van der Waals surface area contributed by atoms with Gasteiger partial charge in [-0.2, -0.15) is 0 Å². The summed E-state index contributed by atoms with van der Waals surface area (Å²) in [6, 6.07) is 15.8. The third kappa shape index (κ3) is 5.25. The number of benzene rings is 2. The summed E-state index contributed by atoms with van der Waals surface area (Å²) in [6.07, 6.45) is 5.06. The number of nitrogens with one attached hydrogen (secondary N) is 2. The van der Waals surface area contributed by atoms with Crippen LogP contribution in [0.2, 0.25) is 0 Å². The number of aromatic nitrogens is 2. The lowest BCUT2D eigenvalue weighted by Gasteiger charge is -2.31. The SMILES string of the molecule is CSn1cc(C(=O)NCC(=O)Nc2nc(-c3cccc(N4CCC(O)CC4)c3)cs2)c2ccccc21. The number of rotatable bonds is 7. The molecule has 0 saturated carbocycles. The fourth-order valence-corrected chi connectivity index (χ4v) is 5.65. The Kier molecular flexibility index (Phi) is 7.26. The summed E-state index contributed by atoms with van der Waals surface area (Å²) in [5.41, 5.74) is 4.34. The van der Waals surface area contributed by atoms with Crippen LogP contribution in [0.3, 0.4) is 0 Å². The minimum atomic E-state index is -0.335. The van der Waals surface area contributed by atoms with Crippen molar-refractivity contribution in [1.82, 2.24) is 14.3 Å². The number of aliphatic hydroxyl groups is 1. The van der Waals surface area contributed by atoms with Gasteiger partial charge in [0, 0.05) is 47.6 Å². The van der Waals surface area contributed by atoms with Gasteiger partial charge in [0.05, 0.1) is 29.4 Å². The summed E-state index contributed by atoms with van der Waals surface area (Å²) in [7, 11) is 0. The average Bonchev–Trinajstić information content (AvgIpc) is 3.52. The molecule has 1 saturated heterocycles. The lowest BCUT2D eigenvalue weighted by molar-refractivity contribution is -0.115. The Bertz CT molecular complexity index is 1390. The summed E-state index contributed by atoms with van der Waals surface area (Å²) in [5.74, 6) is -0.630. The van der Waals surface area contributed by atoms with Crippen LogP contribution in [0.15, 0.2) is 60.1 Å². The number of aliphatic hydroxyl groups excluding tert-OH is 1. The topological polar surface area (TPSA) is 99.5 Å². The van der Waals surface area contributed by atoms with E-state index in [0.717, 1.165) is 53.8 Å². The smallest absolute Gasteiger partial charge is 0.253 e. The quantitative estimate of drug-likeness (QED) is 0.337. The van der Waals surface area contributed by atoms with E-state index in [2.05, 4.69) is 32.7 Å². The number of carbonyl (C=O) groups is 2. The molecular weight excluding hydrogens is 494 g/mol. The van der Waals surface area contributed by atoms with Gasteiger partial charge in [0.2, 0.25) is 5.91 Å². The molecule has 1 fully saturated rings. The Morgan fingerprint density at radius 2 is 1.97 bits per heavy atom. The average molecular weight is 522 g/mol. The zero-order valence-corrected chi connectivity index (χ0v) is 21.4. The summed E-state index contributed by atoms with van der Waals surface area (Å²) < 4.78 is 1.94. The standard InChI is InChI=1S/C26H27N5O3S2/c1-35-31-15-21(20-7-2-3-8-23(20)31)25(34)27-14-24(33)29-26-28-22(16-36-26)17-5-4-6-18(13-17)30-11-9-19(32)10-12-30/h2-8,13,15-16,19,32H,9-12,14H2,1H3,(H,27,34)(H,28,29,33). The van der Waals surface area contributed by atoms with Crippen LogP contribution in [0.4, 0.5) is 10.8 Å². The van der Waals surface area contributed by atoms with Crippen molar-refractivity contribution < 1.29 is 14.7 Å². The van der Waals surface area contributed by atoms with Gasteiger partial charge in [0.15, 0.2) is 5.13 Å². The van der Waals surface area contributed by atoms with E-state index >= 15 is 0 Å². The molecular formula is C26H27N5O3S2. The number of hydrogen-bond donors (Lipinski definition) is 3. The number of anilines is 2.